The molecule has 3 aliphatic heterocycles. The summed E-state index contributed by atoms with van der Waals surface area (Å²) in [7, 11) is 1.99. The zero-order valence-electron chi connectivity index (χ0n) is 26.0. The first-order valence-corrected chi connectivity index (χ1v) is 16.3. The van der Waals surface area contributed by atoms with E-state index in [-0.39, 0.29) is 12.0 Å². The second-order valence-corrected chi connectivity index (χ2v) is 14.6. The number of carbonyl (C=O) groups is 1. The molecule has 1 aliphatic carbocycles. The lowest BCUT2D eigenvalue weighted by molar-refractivity contribution is -0.0108. The molecule has 3 atom stereocenters. The van der Waals surface area contributed by atoms with Gasteiger partial charge in [0.05, 0.1) is 11.2 Å². The zero-order chi connectivity index (χ0) is 29.6. The fourth-order valence-corrected chi connectivity index (χ4v) is 8.18. The predicted molar refractivity (Wildman–Crippen MR) is 163 cm³/mol. The monoisotopic (exact) mass is 581 g/mol. The van der Waals surface area contributed by atoms with Gasteiger partial charge in [-0.2, -0.15) is 5.10 Å². The van der Waals surface area contributed by atoms with E-state index < -0.39 is 18.1 Å². The van der Waals surface area contributed by atoms with Crippen LogP contribution in [0.15, 0.2) is 18.2 Å². The van der Waals surface area contributed by atoms with Gasteiger partial charge in [0.15, 0.2) is 0 Å². The Morgan fingerprint density at radius 3 is 2.31 bits per heavy atom. The minimum atomic E-state index is -0.782. The number of rotatable bonds is 3. The van der Waals surface area contributed by atoms with E-state index in [1.54, 1.807) is 0 Å². The molecule has 1 aromatic heterocycles. The smallest absolute Gasteiger partial charge is 0.410 e. The fourth-order valence-electron chi connectivity index (χ4n) is 8.18. The van der Waals surface area contributed by atoms with Crippen molar-refractivity contribution in [3.63, 3.8) is 0 Å². The van der Waals surface area contributed by atoms with Gasteiger partial charge >= 0.3 is 6.09 Å². The number of fused-ring (bicyclic) bond motifs is 1. The normalized spacial score (nSPS) is 28.4. The average molecular weight is 582 g/mol. The Kier molecular flexibility index (Phi) is 8.32. The summed E-state index contributed by atoms with van der Waals surface area (Å²) in [5.74, 6) is 0.451. The topological polar surface area (TPSA) is 103 Å². The number of amides is 1. The lowest BCUT2D eigenvalue weighted by atomic mass is 9.66. The zero-order valence-corrected chi connectivity index (χ0v) is 26.0. The van der Waals surface area contributed by atoms with E-state index in [0.717, 1.165) is 55.6 Å². The van der Waals surface area contributed by atoms with Crippen molar-refractivity contribution in [2.75, 3.05) is 26.2 Å². The van der Waals surface area contributed by atoms with Crippen molar-refractivity contribution in [3.05, 3.63) is 29.5 Å². The average Bonchev–Trinajstić information content (AvgIpc) is 3.28. The van der Waals surface area contributed by atoms with Gasteiger partial charge < -0.3 is 24.7 Å². The van der Waals surface area contributed by atoms with Crippen LogP contribution >= 0.6 is 0 Å². The molecule has 2 aromatic rings. The number of aryl methyl sites for hydroxylation is 1. The third kappa shape index (κ3) is 6.21. The largest absolute Gasteiger partial charge is 0.444 e. The summed E-state index contributed by atoms with van der Waals surface area (Å²) >= 11 is 0. The lowest BCUT2D eigenvalue weighted by Gasteiger charge is -2.48. The first-order chi connectivity index (χ1) is 20.0. The Morgan fingerprint density at radius 2 is 1.67 bits per heavy atom. The Balaban J connectivity index is 1.01. The Bertz CT molecular complexity index is 1250. The van der Waals surface area contributed by atoms with Gasteiger partial charge in [0, 0.05) is 37.5 Å². The summed E-state index contributed by atoms with van der Waals surface area (Å²) < 4.78 is 7.56. The molecule has 1 amide bonds. The molecule has 4 fully saturated rings. The van der Waals surface area contributed by atoms with Gasteiger partial charge in [0.2, 0.25) is 0 Å². The number of ether oxygens (including phenoxy) is 1. The number of aliphatic hydroxyl groups excluding tert-OH is 2. The van der Waals surface area contributed by atoms with Crippen LogP contribution in [0.2, 0.25) is 0 Å². The minimum Gasteiger partial charge on any atom is -0.444 e. The maximum Gasteiger partial charge on any atom is 0.410 e. The van der Waals surface area contributed by atoms with E-state index in [2.05, 4.69) is 28.4 Å². The maximum atomic E-state index is 12.5. The van der Waals surface area contributed by atoms with Crippen molar-refractivity contribution in [1.29, 1.82) is 0 Å². The van der Waals surface area contributed by atoms with E-state index >= 15 is 0 Å². The number of carbonyl (C=O) groups excluding carboxylic acids is 1. The van der Waals surface area contributed by atoms with E-state index in [1.807, 2.05) is 37.4 Å². The molecule has 0 bridgehead atoms. The van der Waals surface area contributed by atoms with Crippen molar-refractivity contribution >= 4 is 17.0 Å². The van der Waals surface area contributed by atoms with Gasteiger partial charge in [-0.1, -0.05) is 12.1 Å². The van der Waals surface area contributed by atoms with Crippen LogP contribution in [0.5, 0.6) is 0 Å². The fraction of sp³-hybridized carbons (Fsp3) is 0.758. The molecule has 1 spiro atoms. The molecule has 4 aliphatic rings. The molecule has 42 heavy (non-hydrogen) atoms. The molecule has 0 radical (unpaired) electrons. The van der Waals surface area contributed by atoms with E-state index in [4.69, 9.17) is 9.84 Å². The molecule has 9 nitrogen and oxygen atoms in total. The highest BCUT2D eigenvalue weighted by Gasteiger charge is 2.41. The quantitative estimate of drug-likeness (QED) is 0.478. The third-order valence-corrected chi connectivity index (χ3v) is 10.8. The summed E-state index contributed by atoms with van der Waals surface area (Å²) in [5, 5.41) is 29.2. The second kappa shape index (κ2) is 11.7. The highest BCUT2D eigenvalue weighted by Crippen LogP contribution is 2.46. The highest BCUT2D eigenvalue weighted by molar-refractivity contribution is 5.83. The molecule has 3 saturated heterocycles. The Hall–Kier alpha value is -2.20. The van der Waals surface area contributed by atoms with Gasteiger partial charge in [-0.25, -0.2) is 4.79 Å². The molecule has 3 unspecified atom stereocenters. The van der Waals surface area contributed by atoms with Crippen LogP contribution in [-0.2, 0) is 11.8 Å². The first kappa shape index (κ1) is 29.9. The molecular formula is C33H51N5O4. The van der Waals surface area contributed by atoms with Crippen LogP contribution in [0.1, 0.15) is 108 Å². The second-order valence-electron chi connectivity index (χ2n) is 14.6. The van der Waals surface area contributed by atoms with Crippen LogP contribution in [-0.4, -0.2) is 86.2 Å². The standard InChI is InChI=1S/C33H51N5O4/c1-32(2,3)42-31(41)38-19-15-33(16-20-38)13-9-24(10-14-33)37-17-11-22(12-18-37)23-5-6-25-27(21-23)36(4)35-29(25)26-7-8-28(39)34-30(26)40/h5-6,21-22,24,26,28,30,34,39-40H,7-20H2,1-4H3. The molecule has 4 heterocycles. The highest BCUT2D eigenvalue weighted by atomic mass is 16.6. The summed E-state index contributed by atoms with van der Waals surface area (Å²) in [6.45, 7) is 9.78. The predicted octanol–water partition coefficient (Wildman–Crippen LogP) is 4.82. The van der Waals surface area contributed by atoms with Crippen molar-refractivity contribution < 1.29 is 19.7 Å². The van der Waals surface area contributed by atoms with Crippen molar-refractivity contribution in [2.24, 2.45) is 12.5 Å². The van der Waals surface area contributed by atoms with Gasteiger partial charge in [0.1, 0.15) is 18.1 Å². The van der Waals surface area contributed by atoms with E-state index in [0.29, 0.717) is 30.2 Å². The van der Waals surface area contributed by atoms with Crippen molar-refractivity contribution in [2.45, 2.75) is 121 Å². The van der Waals surface area contributed by atoms with Gasteiger partial charge in [-0.15, -0.1) is 0 Å². The maximum absolute atomic E-state index is 12.5. The van der Waals surface area contributed by atoms with E-state index in [9.17, 15) is 15.0 Å². The number of benzene rings is 1. The molecule has 3 N–H and O–H groups in total. The summed E-state index contributed by atoms with van der Waals surface area (Å²) in [4.78, 5) is 17.2. The molecule has 1 saturated carbocycles. The lowest BCUT2D eigenvalue weighted by Crippen LogP contribution is -2.49. The van der Waals surface area contributed by atoms with Gasteiger partial charge in [-0.3, -0.25) is 10.00 Å². The van der Waals surface area contributed by atoms with Gasteiger partial charge in [-0.05, 0) is 121 Å². The molecule has 1 aromatic carbocycles. The molecule has 232 valence electrons. The molecule has 6 rings (SSSR count). The van der Waals surface area contributed by atoms with Crippen molar-refractivity contribution in [1.82, 2.24) is 24.9 Å². The summed E-state index contributed by atoms with van der Waals surface area (Å²) in [6.07, 6.45) is 9.45. The molecule has 9 heteroatoms. The number of hydrogen-bond donors (Lipinski definition) is 3. The number of aliphatic hydroxyl groups is 2. The number of nitrogens with zero attached hydrogens (tertiary/aromatic N) is 4. The third-order valence-electron chi connectivity index (χ3n) is 10.8. The van der Waals surface area contributed by atoms with E-state index in [1.165, 1.54) is 44.1 Å². The number of aromatic nitrogens is 2. The first-order valence-electron chi connectivity index (χ1n) is 16.3. The SMILES string of the molecule is Cn1nc(C2CCC(O)NC2O)c2ccc(C3CCN(C4CCC5(CC4)CCN(C(=O)OC(C)(C)C)CC5)CC3)cc21. The number of hydrogen-bond acceptors (Lipinski definition) is 7. The number of nitrogens with one attached hydrogen (secondary N) is 1. The Labute approximate surface area is 250 Å². The minimum absolute atomic E-state index is 0.113. The van der Waals surface area contributed by atoms with Crippen LogP contribution in [0, 0.1) is 5.41 Å². The number of piperidine rings is 3. The number of likely N-dealkylation sites (tertiary alicyclic amines) is 2. The Morgan fingerprint density at radius 1 is 0.976 bits per heavy atom. The van der Waals surface area contributed by atoms with Crippen LogP contribution < -0.4 is 5.32 Å². The molecular weight excluding hydrogens is 530 g/mol. The van der Waals surface area contributed by atoms with Crippen LogP contribution in [0.3, 0.4) is 0 Å². The van der Waals surface area contributed by atoms with Crippen molar-refractivity contribution in [3.8, 4) is 0 Å². The summed E-state index contributed by atoms with van der Waals surface area (Å²) in [6, 6.07) is 7.49. The van der Waals surface area contributed by atoms with Crippen LogP contribution in [0.25, 0.3) is 10.9 Å². The summed E-state index contributed by atoms with van der Waals surface area (Å²) in [5.41, 5.74) is 3.42. The van der Waals surface area contributed by atoms with Gasteiger partial charge in [0.25, 0.3) is 0 Å². The van der Waals surface area contributed by atoms with Crippen LogP contribution in [0.4, 0.5) is 4.79 Å².